The van der Waals surface area contributed by atoms with Crippen molar-refractivity contribution in [3.63, 3.8) is 0 Å². The summed E-state index contributed by atoms with van der Waals surface area (Å²) in [7, 11) is 0. The molecular formula is C7H6F2I2N2. The molecule has 1 heterocycles. The van der Waals surface area contributed by atoms with Gasteiger partial charge in [0.2, 0.25) is 0 Å². The third kappa shape index (κ3) is 2.46. The molecule has 0 aliphatic carbocycles. The highest BCUT2D eigenvalue weighted by Gasteiger charge is 2.18. The van der Waals surface area contributed by atoms with Gasteiger partial charge in [-0.3, -0.25) is 0 Å². The Balaban J connectivity index is 3.35. The molecule has 1 aromatic rings. The standard InChI is InChI=1S/C7H6F2I2N2/c8-6(9)5-3(1-12)7(11)13-2-4(5)10/h2,6H,1,12H2. The second kappa shape index (κ2) is 4.78. The number of nitrogens with zero attached hydrogens (tertiary/aromatic N) is 1. The molecule has 0 spiro atoms. The maximum Gasteiger partial charge on any atom is 0.265 e. The smallest absolute Gasteiger partial charge is 0.265 e. The van der Waals surface area contributed by atoms with Gasteiger partial charge in [0.1, 0.15) is 3.70 Å². The molecule has 0 atom stereocenters. The topological polar surface area (TPSA) is 38.9 Å². The van der Waals surface area contributed by atoms with Gasteiger partial charge in [0.05, 0.1) is 0 Å². The summed E-state index contributed by atoms with van der Waals surface area (Å²) in [5.74, 6) is 0. The van der Waals surface area contributed by atoms with Crippen molar-refractivity contribution < 1.29 is 8.78 Å². The van der Waals surface area contributed by atoms with Crippen LogP contribution in [0.2, 0.25) is 0 Å². The largest absolute Gasteiger partial charge is 0.326 e. The summed E-state index contributed by atoms with van der Waals surface area (Å²) in [5.41, 5.74) is 5.84. The SMILES string of the molecule is NCc1c(I)ncc(I)c1C(F)F. The van der Waals surface area contributed by atoms with Crippen molar-refractivity contribution in [3.8, 4) is 0 Å². The number of rotatable bonds is 2. The van der Waals surface area contributed by atoms with Gasteiger partial charge in [-0.1, -0.05) is 0 Å². The van der Waals surface area contributed by atoms with E-state index in [1.807, 2.05) is 45.2 Å². The number of hydrogen-bond donors (Lipinski definition) is 1. The highest BCUT2D eigenvalue weighted by Crippen LogP contribution is 2.29. The number of aromatic nitrogens is 1. The lowest BCUT2D eigenvalue weighted by atomic mass is 10.1. The van der Waals surface area contributed by atoms with E-state index in [9.17, 15) is 8.78 Å². The Morgan fingerprint density at radius 2 is 2.08 bits per heavy atom. The van der Waals surface area contributed by atoms with Crippen molar-refractivity contribution in [3.05, 3.63) is 24.6 Å². The first-order chi connectivity index (χ1) is 6.07. The first-order valence-electron chi connectivity index (χ1n) is 3.39. The van der Waals surface area contributed by atoms with E-state index in [0.29, 0.717) is 12.8 Å². The molecule has 0 unspecified atom stereocenters. The summed E-state index contributed by atoms with van der Waals surface area (Å²) in [6.07, 6.45) is -1.05. The Kier molecular flexibility index (Phi) is 4.23. The molecule has 2 N–H and O–H groups in total. The molecule has 2 nitrogen and oxygen atoms in total. The van der Waals surface area contributed by atoms with Crippen molar-refractivity contribution in [2.24, 2.45) is 5.73 Å². The van der Waals surface area contributed by atoms with E-state index in [0.717, 1.165) is 0 Å². The molecule has 1 aromatic heterocycles. The van der Waals surface area contributed by atoms with Crippen molar-refractivity contribution in [1.29, 1.82) is 0 Å². The highest BCUT2D eigenvalue weighted by molar-refractivity contribution is 14.1. The minimum atomic E-state index is -2.48. The Bertz CT molecular complexity index is 318. The van der Waals surface area contributed by atoms with Crippen LogP contribution in [0.3, 0.4) is 0 Å². The summed E-state index contributed by atoms with van der Waals surface area (Å²) in [5, 5.41) is 0. The maximum atomic E-state index is 12.6. The van der Waals surface area contributed by atoms with Crippen LogP contribution < -0.4 is 5.73 Å². The van der Waals surface area contributed by atoms with Gasteiger partial charge in [-0.25, -0.2) is 13.8 Å². The van der Waals surface area contributed by atoms with Gasteiger partial charge in [-0.2, -0.15) is 0 Å². The first kappa shape index (κ1) is 11.5. The van der Waals surface area contributed by atoms with Crippen LogP contribution >= 0.6 is 45.2 Å². The van der Waals surface area contributed by atoms with E-state index in [2.05, 4.69) is 4.98 Å². The van der Waals surface area contributed by atoms with Gasteiger partial charge in [-0.15, -0.1) is 0 Å². The van der Waals surface area contributed by atoms with Crippen LogP contribution in [0.15, 0.2) is 6.20 Å². The van der Waals surface area contributed by atoms with Gasteiger partial charge in [0, 0.05) is 27.4 Å². The Morgan fingerprint density at radius 1 is 1.46 bits per heavy atom. The number of halogens is 4. The zero-order valence-corrected chi connectivity index (χ0v) is 10.7. The molecule has 13 heavy (non-hydrogen) atoms. The average molecular weight is 410 g/mol. The minimum Gasteiger partial charge on any atom is -0.326 e. The van der Waals surface area contributed by atoms with Crippen LogP contribution in [0.1, 0.15) is 17.6 Å². The monoisotopic (exact) mass is 410 g/mol. The predicted octanol–water partition coefficient (Wildman–Crippen LogP) is 2.69. The molecule has 0 fully saturated rings. The molecule has 0 radical (unpaired) electrons. The first-order valence-corrected chi connectivity index (χ1v) is 5.54. The zero-order valence-electron chi connectivity index (χ0n) is 6.40. The molecule has 0 saturated carbocycles. The fraction of sp³-hybridized carbons (Fsp3) is 0.286. The number of pyridine rings is 1. The molecule has 0 amide bonds. The molecule has 1 rings (SSSR count). The van der Waals surface area contributed by atoms with Crippen LogP contribution in [0.4, 0.5) is 8.78 Å². The van der Waals surface area contributed by atoms with Crippen molar-refractivity contribution in [1.82, 2.24) is 4.98 Å². The lowest BCUT2D eigenvalue weighted by molar-refractivity contribution is 0.149. The fourth-order valence-electron chi connectivity index (χ4n) is 0.946. The predicted molar refractivity (Wildman–Crippen MR) is 62.5 cm³/mol. The third-order valence-corrected chi connectivity index (χ3v) is 3.33. The van der Waals surface area contributed by atoms with Crippen LogP contribution in [-0.4, -0.2) is 4.98 Å². The lowest BCUT2D eigenvalue weighted by Crippen LogP contribution is -2.08. The van der Waals surface area contributed by atoms with Crippen molar-refractivity contribution >= 4 is 45.2 Å². The quantitative estimate of drug-likeness (QED) is 0.602. The molecule has 0 aliphatic heterocycles. The van der Waals surface area contributed by atoms with Crippen molar-refractivity contribution in [2.45, 2.75) is 13.0 Å². The molecule has 0 bridgehead atoms. The Hall–Kier alpha value is 0.430. The fourth-order valence-corrected chi connectivity index (χ4v) is 2.30. The average Bonchev–Trinajstić information content (AvgIpc) is 2.07. The van der Waals surface area contributed by atoms with E-state index in [1.165, 1.54) is 6.20 Å². The van der Waals surface area contributed by atoms with Gasteiger partial charge in [0.15, 0.2) is 0 Å². The summed E-state index contributed by atoms with van der Waals surface area (Å²) < 4.78 is 26.1. The molecule has 0 aromatic carbocycles. The van der Waals surface area contributed by atoms with Gasteiger partial charge >= 0.3 is 0 Å². The number of nitrogens with two attached hydrogens (primary N) is 1. The number of alkyl halides is 2. The third-order valence-electron chi connectivity index (χ3n) is 1.55. The van der Waals surface area contributed by atoms with Crippen molar-refractivity contribution in [2.75, 3.05) is 0 Å². The summed E-state index contributed by atoms with van der Waals surface area (Å²) >= 11 is 3.75. The normalized spacial score (nSPS) is 10.9. The van der Waals surface area contributed by atoms with Crippen LogP contribution in [0.5, 0.6) is 0 Å². The van der Waals surface area contributed by atoms with E-state index in [4.69, 9.17) is 5.73 Å². The molecule has 0 aliphatic rings. The second-order valence-corrected chi connectivity index (χ2v) is 4.48. The molecule has 6 heteroatoms. The maximum absolute atomic E-state index is 12.6. The Morgan fingerprint density at radius 3 is 2.46 bits per heavy atom. The highest BCUT2D eigenvalue weighted by atomic mass is 127. The van der Waals surface area contributed by atoms with Gasteiger partial charge in [0.25, 0.3) is 6.43 Å². The van der Waals surface area contributed by atoms with E-state index in [-0.39, 0.29) is 12.1 Å². The summed E-state index contributed by atoms with van der Waals surface area (Å²) in [4.78, 5) is 3.96. The van der Waals surface area contributed by atoms with E-state index < -0.39 is 6.43 Å². The molecule has 0 saturated heterocycles. The van der Waals surface area contributed by atoms with Gasteiger partial charge < -0.3 is 5.73 Å². The van der Waals surface area contributed by atoms with Crippen LogP contribution in [0, 0.1) is 7.27 Å². The molecular weight excluding hydrogens is 404 g/mol. The summed E-state index contributed by atoms with van der Waals surface area (Å²) in [6.45, 7) is 0.0990. The molecule has 72 valence electrons. The minimum absolute atomic E-state index is 0.0162. The second-order valence-electron chi connectivity index (χ2n) is 2.29. The zero-order chi connectivity index (χ0) is 10.0. The van der Waals surface area contributed by atoms with E-state index in [1.54, 1.807) is 0 Å². The lowest BCUT2D eigenvalue weighted by Gasteiger charge is -2.10. The van der Waals surface area contributed by atoms with Gasteiger partial charge in [-0.05, 0) is 45.2 Å². The number of hydrogen-bond acceptors (Lipinski definition) is 2. The summed E-state index contributed by atoms with van der Waals surface area (Å²) in [6, 6.07) is 0. The van der Waals surface area contributed by atoms with Crippen LogP contribution in [0.25, 0.3) is 0 Å². The van der Waals surface area contributed by atoms with E-state index >= 15 is 0 Å². The van der Waals surface area contributed by atoms with Crippen LogP contribution in [-0.2, 0) is 6.54 Å². The Labute approximate surface area is 102 Å².